The molecule has 0 unspecified atom stereocenters. The van der Waals surface area contributed by atoms with Gasteiger partial charge in [0.05, 0.1) is 0 Å². The van der Waals surface area contributed by atoms with E-state index in [0.717, 1.165) is 50.1 Å². The van der Waals surface area contributed by atoms with Gasteiger partial charge in [0, 0.05) is 33.2 Å². The Morgan fingerprint density at radius 3 is 1.75 bits per heavy atom. The number of hydrogen-bond acceptors (Lipinski definition) is 2. The zero-order chi connectivity index (χ0) is 35.5. The van der Waals surface area contributed by atoms with Crippen molar-refractivity contribution < 1.29 is 4.42 Å². The highest BCUT2D eigenvalue weighted by Gasteiger charge is 2.35. The fourth-order valence-electron chi connectivity index (χ4n) is 8.30. The van der Waals surface area contributed by atoms with E-state index in [1.54, 1.807) is 0 Å². The number of anilines is 3. The van der Waals surface area contributed by atoms with E-state index in [4.69, 9.17) is 4.42 Å². The average molecular weight is 680 g/mol. The van der Waals surface area contributed by atoms with Crippen LogP contribution in [0.25, 0.3) is 66.4 Å². The second-order valence-electron chi connectivity index (χ2n) is 14.6. The van der Waals surface area contributed by atoms with Gasteiger partial charge in [-0.15, -0.1) is 0 Å². The summed E-state index contributed by atoms with van der Waals surface area (Å²) in [5, 5.41) is 2.29. The molecule has 10 rings (SSSR count). The van der Waals surface area contributed by atoms with E-state index >= 15 is 0 Å². The highest BCUT2D eigenvalue weighted by atomic mass is 16.3. The molecule has 0 amide bonds. The van der Waals surface area contributed by atoms with Crippen molar-refractivity contribution in [2.45, 2.75) is 19.3 Å². The Kier molecular flexibility index (Phi) is 7.19. The Labute approximate surface area is 310 Å². The van der Waals surface area contributed by atoms with Crippen molar-refractivity contribution in [1.82, 2.24) is 0 Å². The number of para-hydroxylation sites is 2. The van der Waals surface area contributed by atoms with Crippen LogP contribution in [0.2, 0.25) is 0 Å². The lowest BCUT2D eigenvalue weighted by atomic mass is 9.81. The summed E-state index contributed by atoms with van der Waals surface area (Å²) in [6.45, 7) is 4.71. The minimum absolute atomic E-state index is 0.0794. The quantitative estimate of drug-likeness (QED) is 0.174. The first-order chi connectivity index (χ1) is 26.0. The highest BCUT2D eigenvalue weighted by Crippen LogP contribution is 2.51. The first-order valence-electron chi connectivity index (χ1n) is 18.3. The zero-order valence-electron chi connectivity index (χ0n) is 29.8. The summed E-state index contributed by atoms with van der Waals surface area (Å²) < 4.78 is 6.20. The summed E-state index contributed by atoms with van der Waals surface area (Å²) in [5.41, 5.74) is 17.7. The Morgan fingerprint density at radius 2 is 0.925 bits per heavy atom. The highest BCUT2D eigenvalue weighted by molar-refractivity contribution is 6.06. The van der Waals surface area contributed by atoms with Crippen LogP contribution < -0.4 is 4.90 Å². The second kappa shape index (κ2) is 12.3. The van der Waals surface area contributed by atoms with Crippen LogP contribution in [0.4, 0.5) is 17.1 Å². The Balaban J connectivity index is 1.01. The SMILES string of the molecule is CC1(C)c2ccc(-c3cccc(N(c4ccccc4)c4ccc(-c5ccc6c(c5)oc5ccccc56)cc4)c3)cc2-c2ccc(-c3ccccc3)cc21. The third-order valence-electron chi connectivity index (χ3n) is 11.1. The number of benzene rings is 8. The van der Waals surface area contributed by atoms with E-state index in [1.165, 1.54) is 44.5 Å². The molecule has 0 saturated heterocycles. The molecule has 0 saturated carbocycles. The lowest BCUT2D eigenvalue weighted by molar-refractivity contribution is 0.660. The predicted molar refractivity (Wildman–Crippen MR) is 222 cm³/mol. The maximum absolute atomic E-state index is 6.20. The first-order valence-corrected chi connectivity index (χ1v) is 18.3. The van der Waals surface area contributed by atoms with Gasteiger partial charge in [-0.3, -0.25) is 0 Å². The van der Waals surface area contributed by atoms with E-state index in [-0.39, 0.29) is 5.41 Å². The van der Waals surface area contributed by atoms with Gasteiger partial charge in [-0.05, 0) is 122 Å². The Hall–Kier alpha value is -6.64. The third kappa shape index (κ3) is 5.26. The predicted octanol–water partition coefficient (Wildman–Crippen LogP) is 14.4. The van der Waals surface area contributed by atoms with E-state index in [0.29, 0.717) is 0 Å². The van der Waals surface area contributed by atoms with Crippen LogP contribution in [0.1, 0.15) is 25.0 Å². The molecule has 0 aliphatic heterocycles. The van der Waals surface area contributed by atoms with Crippen LogP contribution in [0.5, 0.6) is 0 Å². The summed E-state index contributed by atoms with van der Waals surface area (Å²) >= 11 is 0. The molecule has 1 aromatic heterocycles. The van der Waals surface area contributed by atoms with E-state index in [9.17, 15) is 0 Å². The van der Waals surface area contributed by atoms with Crippen molar-refractivity contribution >= 4 is 39.0 Å². The molecule has 1 heterocycles. The fraction of sp³-hybridized carbons (Fsp3) is 0.0588. The van der Waals surface area contributed by atoms with Crippen molar-refractivity contribution in [3.63, 3.8) is 0 Å². The van der Waals surface area contributed by atoms with Gasteiger partial charge in [0.2, 0.25) is 0 Å². The van der Waals surface area contributed by atoms with Gasteiger partial charge in [-0.2, -0.15) is 0 Å². The van der Waals surface area contributed by atoms with Gasteiger partial charge in [-0.25, -0.2) is 0 Å². The molecule has 0 bridgehead atoms. The topological polar surface area (TPSA) is 16.4 Å². The minimum Gasteiger partial charge on any atom is -0.456 e. The molecule has 0 atom stereocenters. The maximum atomic E-state index is 6.20. The second-order valence-corrected chi connectivity index (χ2v) is 14.6. The standard InChI is InChI=1S/C51H37NO/c1-51(2)47-29-24-37(31-46(47)43-27-22-38(32-48(43)51)34-12-5-3-6-13-34)36-14-11-17-42(30-36)52(40-15-7-4-8-16-40)41-25-20-35(21-26-41)39-23-28-45-44-18-9-10-19-49(44)53-50(45)33-39/h3-33H,1-2H3. The van der Waals surface area contributed by atoms with Gasteiger partial charge >= 0.3 is 0 Å². The van der Waals surface area contributed by atoms with Crippen molar-refractivity contribution in [1.29, 1.82) is 0 Å². The fourth-order valence-corrected chi connectivity index (χ4v) is 8.30. The normalized spacial score (nSPS) is 12.9. The molecule has 2 nitrogen and oxygen atoms in total. The summed E-state index contributed by atoms with van der Waals surface area (Å²) in [6, 6.07) is 67.9. The Bertz CT molecular complexity index is 2790. The van der Waals surface area contributed by atoms with E-state index in [1.807, 2.05) is 12.1 Å². The zero-order valence-corrected chi connectivity index (χ0v) is 29.8. The monoisotopic (exact) mass is 679 g/mol. The third-order valence-corrected chi connectivity index (χ3v) is 11.1. The van der Waals surface area contributed by atoms with Gasteiger partial charge in [-0.1, -0.05) is 135 Å². The van der Waals surface area contributed by atoms with Crippen molar-refractivity contribution in [3.05, 3.63) is 199 Å². The van der Waals surface area contributed by atoms with Crippen LogP contribution >= 0.6 is 0 Å². The molecule has 252 valence electrons. The number of fused-ring (bicyclic) bond motifs is 6. The molecule has 9 aromatic rings. The molecule has 1 aliphatic rings. The number of furan rings is 1. The molecular weight excluding hydrogens is 643 g/mol. The van der Waals surface area contributed by atoms with Crippen LogP contribution in [0.3, 0.4) is 0 Å². The van der Waals surface area contributed by atoms with Crippen LogP contribution in [0.15, 0.2) is 192 Å². The summed E-state index contributed by atoms with van der Waals surface area (Å²) in [6.07, 6.45) is 0. The summed E-state index contributed by atoms with van der Waals surface area (Å²) in [5.74, 6) is 0. The lowest BCUT2D eigenvalue weighted by Crippen LogP contribution is -2.15. The van der Waals surface area contributed by atoms with E-state index in [2.05, 4.69) is 195 Å². The molecular formula is C51H37NO. The van der Waals surface area contributed by atoms with Crippen LogP contribution in [-0.4, -0.2) is 0 Å². The number of nitrogens with zero attached hydrogens (tertiary/aromatic N) is 1. The molecule has 0 radical (unpaired) electrons. The minimum atomic E-state index is -0.0794. The summed E-state index contributed by atoms with van der Waals surface area (Å²) in [4.78, 5) is 2.34. The summed E-state index contributed by atoms with van der Waals surface area (Å²) in [7, 11) is 0. The van der Waals surface area contributed by atoms with Gasteiger partial charge in [0.15, 0.2) is 0 Å². The maximum Gasteiger partial charge on any atom is 0.136 e. The van der Waals surface area contributed by atoms with Crippen LogP contribution in [-0.2, 0) is 5.41 Å². The van der Waals surface area contributed by atoms with Crippen LogP contribution in [0, 0.1) is 0 Å². The molecule has 0 N–H and O–H groups in total. The molecule has 8 aromatic carbocycles. The van der Waals surface area contributed by atoms with Crippen molar-refractivity contribution in [3.8, 4) is 44.5 Å². The van der Waals surface area contributed by atoms with Crippen molar-refractivity contribution in [2.75, 3.05) is 4.90 Å². The van der Waals surface area contributed by atoms with Gasteiger partial charge in [0.25, 0.3) is 0 Å². The number of rotatable bonds is 6. The largest absolute Gasteiger partial charge is 0.456 e. The molecule has 0 fully saturated rings. The van der Waals surface area contributed by atoms with Gasteiger partial charge in [0.1, 0.15) is 11.2 Å². The molecule has 0 spiro atoms. The molecule has 53 heavy (non-hydrogen) atoms. The van der Waals surface area contributed by atoms with Gasteiger partial charge < -0.3 is 9.32 Å². The smallest absolute Gasteiger partial charge is 0.136 e. The molecule has 2 heteroatoms. The first kappa shape index (κ1) is 31.1. The average Bonchev–Trinajstić information content (AvgIpc) is 3.70. The number of hydrogen-bond donors (Lipinski definition) is 0. The Morgan fingerprint density at radius 1 is 0.358 bits per heavy atom. The molecule has 1 aliphatic carbocycles. The van der Waals surface area contributed by atoms with Crippen molar-refractivity contribution in [2.24, 2.45) is 0 Å². The van der Waals surface area contributed by atoms with E-state index < -0.39 is 0 Å². The lowest BCUT2D eigenvalue weighted by Gasteiger charge is -2.26.